The Morgan fingerprint density at radius 2 is 1.81 bits per heavy atom. The zero-order chi connectivity index (χ0) is 21.8. The van der Waals surface area contributed by atoms with Gasteiger partial charge in [-0.2, -0.15) is 0 Å². The number of fused-ring (bicyclic) bond motifs is 1. The molecule has 158 valence electrons. The van der Waals surface area contributed by atoms with E-state index in [1.165, 1.54) is 14.2 Å². The molecule has 1 amide bonds. The number of aromatic nitrogens is 2. The third kappa shape index (κ3) is 4.78. The summed E-state index contributed by atoms with van der Waals surface area (Å²) in [6.45, 7) is 0. The lowest BCUT2D eigenvalue weighted by Gasteiger charge is -2.13. The van der Waals surface area contributed by atoms with Crippen molar-refractivity contribution in [2.75, 3.05) is 19.5 Å². The average Bonchev–Trinajstić information content (AvgIpc) is 3.22. The van der Waals surface area contributed by atoms with Crippen LogP contribution in [0.15, 0.2) is 65.8 Å². The predicted octanol–water partition coefficient (Wildman–Crippen LogP) is 5.78. The Hall–Kier alpha value is -3.16. The molecule has 4 aromatic rings. The molecule has 6 nitrogen and oxygen atoms in total. The Morgan fingerprint density at radius 1 is 1.06 bits per heavy atom. The van der Waals surface area contributed by atoms with Gasteiger partial charge in [-0.3, -0.25) is 4.79 Å². The van der Waals surface area contributed by atoms with Gasteiger partial charge in [0, 0.05) is 23.4 Å². The van der Waals surface area contributed by atoms with Crippen molar-refractivity contribution in [1.82, 2.24) is 9.97 Å². The van der Waals surface area contributed by atoms with Crippen LogP contribution >= 0.6 is 23.4 Å². The molecule has 0 spiro atoms. The molecule has 0 bridgehead atoms. The Labute approximate surface area is 188 Å². The summed E-state index contributed by atoms with van der Waals surface area (Å²) in [5.41, 5.74) is 4.08. The second-order valence-corrected chi connectivity index (χ2v) is 8.06. The van der Waals surface area contributed by atoms with Crippen molar-refractivity contribution >= 4 is 46.0 Å². The summed E-state index contributed by atoms with van der Waals surface area (Å²) in [5.74, 6) is 1.40. The first-order chi connectivity index (χ1) is 15.1. The SMILES string of the molecule is COc1cc(NC(=O)c2ccc(CSc3nc4ccccc4[nH]3)cc2)c(OC)cc1Cl. The number of aromatic amines is 1. The minimum Gasteiger partial charge on any atom is -0.495 e. The highest BCUT2D eigenvalue weighted by molar-refractivity contribution is 7.98. The Bertz CT molecular complexity index is 1190. The topological polar surface area (TPSA) is 76.2 Å². The number of anilines is 1. The number of thioether (sulfide) groups is 1. The second kappa shape index (κ2) is 9.32. The maximum absolute atomic E-state index is 12.7. The quantitative estimate of drug-likeness (QED) is 0.347. The Balaban J connectivity index is 1.42. The van der Waals surface area contributed by atoms with Crippen molar-refractivity contribution in [2.45, 2.75) is 10.9 Å². The van der Waals surface area contributed by atoms with Crippen LogP contribution in [0.25, 0.3) is 11.0 Å². The number of nitrogens with one attached hydrogen (secondary N) is 2. The molecular formula is C23H20ClN3O3S. The van der Waals surface area contributed by atoms with E-state index in [1.54, 1.807) is 36.0 Å². The number of ether oxygens (including phenoxy) is 2. The number of benzene rings is 3. The summed E-state index contributed by atoms with van der Waals surface area (Å²) in [6, 6.07) is 18.6. The van der Waals surface area contributed by atoms with Gasteiger partial charge in [0.15, 0.2) is 5.16 Å². The molecule has 0 aliphatic heterocycles. The van der Waals surface area contributed by atoms with Gasteiger partial charge in [0.2, 0.25) is 0 Å². The molecule has 31 heavy (non-hydrogen) atoms. The van der Waals surface area contributed by atoms with E-state index in [0.717, 1.165) is 27.5 Å². The fourth-order valence-electron chi connectivity index (χ4n) is 3.05. The lowest BCUT2D eigenvalue weighted by Crippen LogP contribution is -2.12. The van der Waals surface area contributed by atoms with Crippen LogP contribution in [0.5, 0.6) is 11.5 Å². The first kappa shape index (κ1) is 21.1. The molecule has 1 aromatic heterocycles. The minimum absolute atomic E-state index is 0.251. The van der Waals surface area contributed by atoms with Gasteiger partial charge in [-0.25, -0.2) is 4.98 Å². The fourth-order valence-corrected chi connectivity index (χ4v) is 4.13. The molecule has 0 aliphatic rings. The molecule has 0 atom stereocenters. The number of para-hydroxylation sites is 2. The largest absolute Gasteiger partial charge is 0.495 e. The fraction of sp³-hybridized carbons (Fsp3) is 0.130. The van der Waals surface area contributed by atoms with E-state index in [4.69, 9.17) is 21.1 Å². The summed E-state index contributed by atoms with van der Waals surface area (Å²) in [6.07, 6.45) is 0. The van der Waals surface area contributed by atoms with Crippen molar-refractivity contribution in [3.05, 3.63) is 76.8 Å². The van der Waals surface area contributed by atoms with Gasteiger partial charge in [0.05, 0.1) is 36.0 Å². The summed E-state index contributed by atoms with van der Waals surface area (Å²) in [5, 5.41) is 4.12. The number of hydrogen-bond acceptors (Lipinski definition) is 5. The van der Waals surface area contributed by atoms with Gasteiger partial charge in [-0.05, 0) is 29.8 Å². The molecule has 8 heteroatoms. The van der Waals surface area contributed by atoms with Crippen LogP contribution in [0.3, 0.4) is 0 Å². The lowest BCUT2D eigenvalue weighted by atomic mass is 10.1. The van der Waals surface area contributed by atoms with E-state index >= 15 is 0 Å². The molecule has 0 aliphatic carbocycles. The van der Waals surface area contributed by atoms with E-state index in [1.807, 2.05) is 36.4 Å². The summed E-state index contributed by atoms with van der Waals surface area (Å²) in [4.78, 5) is 20.6. The third-order valence-corrected chi connectivity index (χ3v) is 5.92. The van der Waals surface area contributed by atoms with Crippen molar-refractivity contribution in [3.63, 3.8) is 0 Å². The highest BCUT2D eigenvalue weighted by atomic mass is 35.5. The normalized spacial score (nSPS) is 10.8. The lowest BCUT2D eigenvalue weighted by molar-refractivity contribution is 0.102. The van der Waals surface area contributed by atoms with Crippen LogP contribution in [0.4, 0.5) is 5.69 Å². The number of carbonyl (C=O) groups excluding carboxylic acids is 1. The van der Waals surface area contributed by atoms with Crippen molar-refractivity contribution in [2.24, 2.45) is 0 Å². The van der Waals surface area contributed by atoms with Crippen LogP contribution in [0.2, 0.25) is 5.02 Å². The molecule has 0 saturated heterocycles. The van der Waals surface area contributed by atoms with Crippen LogP contribution in [-0.2, 0) is 5.75 Å². The first-order valence-corrected chi connectivity index (χ1v) is 10.8. The number of nitrogens with zero attached hydrogens (tertiary/aromatic N) is 1. The van der Waals surface area contributed by atoms with Crippen molar-refractivity contribution in [1.29, 1.82) is 0 Å². The van der Waals surface area contributed by atoms with Crippen LogP contribution < -0.4 is 14.8 Å². The second-order valence-electron chi connectivity index (χ2n) is 6.69. The smallest absolute Gasteiger partial charge is 0.255 e. The molecule has 4 rings (SSSR count). The standard InChI is InChI=1S/C23H20ClN3O3S/c1-29-20-12-19(21(30-2)11-16(20)24)25-22(28)15-9-7-14(8-10-15)13-31-23-26-17-5-3-4-6-18(17)27-23/h3-12H,13H2,1-2H3,(H,25,28)(H,26,27). The summed E-state index contributed by atoms with van der Waals surface area (Å²) < 4.78 is 10.5. The zero-order valence-corrected chi connectivity index (χ0v) is 18.5. The molecule has 0 saturated carbocycles. The molecule has 1 heterocycles. The van der Waals surface area contributed by atoms with Gasteiger partial charge in [0.1, 0.15) is 11.5 Å². The maximum atomic E-state index is 12.7. The van der Waals surface area contributed by atoms with Crippen molar-refractivity contribution < 1.29 is 14.3 Å². The Kier molecular flexibility index (Phi) is 6.34. The van der Waals surface area contributed by atoms with Gasteiger partial charge in [0.25, 0.3) is 5.91 Å². The predicted molar refractivity (Wildman–Crippen MR) is 125 cm³/mol. The number of H-pyrrole nitrogens is 1. The third-order valence-electron chi connectivity index (χ3n) is 4.68. The monoisotopic (exact) mass is 453 g/mol. The van der Waals surface area contributed by atoms with Crippen molar-refractivity contribution in [3.8, 4) is 11.5 Å². The first-order valence-electron chi connectivity index (χ1n) is 9.46. The highest BCUT2D eigenvalue weighted by Crippen LogP contribution is 2.36. The molecule has 2 N–H and O–H groups in total. The van der Waals surface area contributed by atoms with Crippen LogP contribution in [0, 0.1) is 0 Å². The van der Waals surface area contributed by atoms with Gasteiger partial charge >= 0.3 is 0 Å². The number of amides is 1. The molecule has 3 aromatic carbocycles. The molecule has 0 fully saturated rings. The van der Waals surface area contributed by atoms with Gasteiger partial charge in [-0.1, -0.05) is 47.6 Å². The van der Waals surface area contributed by atoms with Crippen LogP contribution in [0.1, 0.15) is 15.9 Å². The zero-order valence-electron chi connectivity index (χ0n) is 16.9. The Morgan fingerprint density at radius 3 is 2.52 bits per heavy atom. The van der Waals surface area contributed by atoms with E-state index in [2.05, 4.69) is 15.3 Å². The number of hydrogen-bond donors (Lipinski definition) is 2. The number of carbonyl (C=O) groups is 1. The molecule has 0 radical (unpaired) electrons. The minimum atomic E-state index is -0.251. The maximum Gasteiger partial charge on any atom is 0.255 e. The van der Waals surface area contributed by atoms with E-state index < -0.39 is 0 Å². The van der Waals surface area contributed by atoms with E-state index in [0.29, 0.717) is 27.8 Å². The number of halogens is 1. The molecule has 0 unspecified atom stereocenters. The summed E-state index contributed by atoms with van der Waals surface area (Å²) in [7, 11) is 3.03. The highest BCUT2D eigenvalue weighted by Gasteiger charge is 2.14. The van der Waals surface area contributed by atoms with Gasteiger partial charge in [-0.15, -0.1) is 0 Å². The average molecular weight is 454 g/mol. The number of methoxy groups -OCH3 is 2. The molecular weight excluding hydrogens is 434 g/mol. The van der Waals surface area contributed by atoms with E-state index in [9.17, 15) is 4.79 Å². The number of rotatable bonds is 7. The van der Waals surface area contributed by atoms with E-state index in [-0.39, 0.29) is 5.91 Å². The van der Waals surface area contributed by atoms with Crippen LogP contribution in [-0.4, -0.2) is 30.1 Å². The summed E-state index contributed by atoms with van der Waals surface area (Å²) >= 11 is 7.74. The number of imidazole rings is 1. The van der Waals surface area contributed by atoms with Gasteiger partial charge < -0.3 is 19.8 Å².